The molecule has 0 radical (unpaired) electrons. The minimum atomic E-state index is -0.407. The molecule has 254 valence electrons. The van der Waals surface area contributed by atoms with Gasteiger partial charge in [0.2, 0.25) is 0 Å². The number of hydrogen-bond acceptors (Lipinski definition) is 2. The Bertz CT molecular complexity index is 2990. The zero-order valence-corrected chi connectivity index (χ0v) is 30.9. The van der Waals surface area contributed by atoms with Gasteiger partial charge in [0.05, 0.1) is 5.41 Å². The molecule has 54 heavy (non-hydrogen) atoms. The van der Waals surface area contributed by atoms with Crippen LogP contribution in [0.2, 0.25) is 0 Å². The standard InChI is InChI=1S/C52H35NS/c1-51(2)43-18-8-3-13-35(43)39-26-23-33(30-47(39)51)53(32-25-28-50-42(29-32)41-17-7-12-22-49(41)54-50)34-24-27-40-38-16-6-11-21-46(38)52(48(40)31-34)44-19-9-4-14-36(44)37-15-5-10-20-45(37)52/h3-31H,1-2H3. The average Bonchev–Trinajstić information content (AvgIpc) is 3.90. The fraction of sp³-hybridized carbons (Fsp3) is 0.0769. The first kappa shape index (κ1) is 30.3. The van der Waals surface area contributed by atoms with E-state index >= 15 is 0 Å². The quantitative estimate of drug-likeness (QED) is 0.177. The maximum Gasteiger partial charge on any atom is 0.0726 e. The summed E-state index contributed by atoms with van der Waals surface area (Å²) in [6.07, 6.45) is 0. The highest BCUT2D eigenvalue weighted by Gasteiger charge is 2.51. The second-order valence-electron chi connectivity index (χ2n) is 15.6. The van der Waals surface area contributed by atoms with Crippen LogP contribution in [0.3, 0.4) is 0 Å². The molecule has 0 unspecified atom stereocenters. The maximum absolute atomic E-state index is 2.51. The molecule has 0 saturated heterocycles. The van der Waals surface area contributed by atoms with Crippen LogP contribution in [-0.2, 0) is 10.8 Å². The van der Waals surface area contributed by atoms with E-state index in [1.165, 1.54) is 92.6 Å². The van der Waals surface area contributed by atoms with Crippen LogP contribution in [-0.4, -0.2) is 0 Å². The number of thiophene rings is 1. The van der Waals surface area contributed by atoms with Gasteiger partial charge in [-0.1, -0.05) is 141 Å². The third-order valence-corrected chi connectivity index (χ3v) is 13.8. The number of nitrogens with zero attached hydrogens (tertiary/aromatic N) is 1. The lowest BCUT2D eigenvalue weighted by atomic mass is 9.70. The Morgan fingerprint density at radius 1 is 0.352 bits per heavy atom. The highest BCUT2D eigenvalue weighted by molar-refractivity contribution is 7.25. The van der Waals surface area contributed by atoms with Gasteiger partial charge in [-0.2, -0.15) is 0 Å². The summed E-state index contributed by atoms with van der Waals surface area (Å²) in [7, 11) is 0. The molecule has 0 amide bonds. The maximum atomic E-state index is 2.51. The smallest absolute Gasteiger partial charge is 0.0726 e. The number of anilines is 3. The van der Waals surface area contributed by atoms with Crippen molar-refractivity contribution >= 4 is 48.6 Å². The van der Waals surface area contributed by atoms with Crippen LogP contribution < -0.4 is 4.90 Å². The minimum absolute atomic E-state index is 0.109. The van der Waals surface area contributed by atoms with E-state index in [2.05, 4.69) is 195 Å². The van der Waals surface area contributed by atoms with Crippen molar-refractivity contribution in [3.8, 4) is 33.4 Å². The molecular weight excluding hydrogens is 671 g/mol. The third kappa shape index (κ3) is 3.78. The normalized spacial score (nSPS) is 14.8. The van der Waals surface area contributed by atoms with E-state index in [9.17, 15) is 0 Å². The monoisotopic (exact) mass is 705 g/mol. The Morgan fingerprint density at radius 2 is 0.778 bits per heavy atom. The lowest BCUT2D eigenvalue weighted by Crippen LogP contribution is -2.26. The molecule has 0 saturated carbocycles. The number of hydrogen-bond donors (Lipinski definition) is 0. The third-order valence-electron chi connectivity index (χ3n) is 12.7. The van der Waals surface area contributed by atoms with Gasteiger partial charge in [0.15, 0.2) is 0 Å². The van der Waals surface area contributed by atoms with Gasteiger partial charge >= 0.3 is 0 Å². The van der Waals surface area contributed by atoms with Crippen LogP contribution >= 0.6 is 11.3 Å². The van der Waals surface area contributed by atoms with Crippen molar-refractivity contribution < 1.29 is 0 Å². The number of benzene rings is 8. The minimum Gasteiger partial charge on any atom is -0.310 e. The van der Waals surface area contributed by atoms with E-state index in [0.29, 0.717) is 0 Å². The highest BCUT2D eigenvalue weighted by Crippen LogP contribution is 2.63. The van der Waals surface area contributed by atoms with Crippen LogP contribution in [0.1, 0.15) is 47.2 Å². The summed E-state index contributed by atoms with van der Waals surface area (Å²) in [5.74, 6) is 0. The Balaban J connectivity index is 1.14. The van der Waals surface area contributed by atoms with Crippen LogP contribution in [0.5, 0.6) is 0 Å². The molecule has 12 rings (SSSR count). The summed E-state index contributed by atoms with van der Waals surface area (Å²) < 4.78 is 2.64. The molecule has 0 fully saturated rings. The van der Waals surface area contributed by atoms with E-state index in [0.717, 1.165) is 11.4 Å². The van der Waals surface area contributed by atoms with Crippen molar-refractivity contribution in [3.05, 3.63) is 209 Å². The lowest BCUT2D eigenvalue weighted by Gasteiger charge is -2.32. The molecule has 1 aromatic heterocycles. The Labute approximate surface area is 319 Å². The first-order chi connectivity index (χ1) is 26.5. The van der Waals surface area contributed by atoms with Gasteiger partial charge in [-0.15, -0.1) is 11.3 Å². The van der Waals surface area contributed by atoms with Crippen LogP contribution in [0.15, 0.2) is 176 Å². The summed E-state index contributed by atoms with van der Waals surface area (Å²) in [4.78, 5) is 2.51. The average molecular weight is 706 g/mol. The van der Waals surface area contributed by atoms with Gasteiger partial charge in [-0.25, -0.2) is 0 Å². The van der Waals surface area contributed by atoms with Crippen molar-refractivity contribution in [1.82, 2.24) is 0 Å². The van der Waals surface area contributed by atoms with Crippen molar-refractivity contribution in [2.24, 2.45) is 0 Å². The zero-order chi connectivity index (χ0) is 35.8. The molecule has 2 heteroatoms. The fourth-order valence-electron chi connectivity index (χ4n) is 10.4. The largest absolute Gasteiger partial charge is 0.310 e. The lowest BCUT2D eigenvalue weighted by molar-refractivity contribution is 0.660. The van der Waals surface area contributed by atoms with Crippen LogP contribution in [0, 0.1) is 0 Å². The predicted octanol–water partition coefficient (Wildman–Crippen LogP) is 14.2. The van der Waals surface area contributed by atoms with Crippen molar-refractivity contribution in [2.75, 3.05) is 4.90 Å². The summed E-state index contributed by atoms with van der Waals surface area (Å²) in [5.41, 5.74) is 19.2. The zero-order valence-electron chi connectivity index (χ0n) is 30.1. The summed E-state index contributed by atoms with van der Waals surface area (Å²) >= 11 is 1.87. The number of fused-ring (bicyclic) bond motifs is 16. The summed E-state index contributed by atoms with van der Waals surface area (Å²) in [6.45, 7) is 4.75. The molecule has 0 bridgehead atoms. The SMILES string of the molecule is CC1(C)c2ccccc2-c2ccc(N(c3ccc4c(c3)C3(c5ccccc5-c5ccccc53)c3ccccc3-4)c3ccc4sc5ccccc5c4c3)cc21. The van der Waals surface area contributed by atoms with E-state index in [1.54, 1.807) is 0 Å². The molecule has 3 aliphatic rings. The van der Waals surface area contributed by atoms with E-state index < -0.39 is 5.41 Å². The molecule has 8 aromatic carbocycles. The van der Waals surface area contributed by atoms with Gasteiger partial charge in [0.25, 0.3) is 0 Å². The van der Waals surface area contributed by atoms with E-state index in [4.69, 9.17) is 0 Å². The van der Waals surface area contributed by atoms with Gasteiger partial charge < -0.3 is 4.90 Å². The second-order valence-corrected chi connectivity index (χ2v) is 16.7. The van der Waals surface area contributed by atoms with E-state index in [-0.39, 0.29) is 5.41 Å². The molecule has 0 N–H and O–H groups in total. The summed E-state index contributed by atoms with van der Waals surface area (Å²) in [6, 6.07) is 66.5. The van der Waals surface area contributed by atoms with Gasteiger partial charge in [0.1, 0.15) is 0 Å². The molecule has 1 spiro atoms. The number of rotatable bonds is 3. The Hall–Kier alpha value is -6.22. The summed E-state index contributed by atoms with van der Waals surface area (Å²) in [5, 5.41) is 2.61. The first-order valence-corrected chi connectivity index (χ1v) is 19.7. The van der Waals surface area contributed by atoms with Gasteiger partial charge in [0, 0.05) is 42.6 Å². The molecule has 0 atom stereocenters. The molecule has 3 aliphatic carbocycles. The fourth-order valence-corrected chi connectivity index (χ4v) is 11.4. The molecule has 1 nitrogen and oxygen atoms in total. The van der Waals surface area contributed by atoms with Gasteiger partial charge in [-0.05, 0) is 115 Å². The Morgan fingerprint density at radius 3 is 1.41 bits per heavy atom. The molecular formula is C52H35NS. The predicted molar refractivity (Wildman–Crippen MR) is 228 cm³/mol. The van der Waals surface area contributed by atoms with Crippen LogP contribution in [0.4, 0.5) is 17.1 Å². The Kier molecular flexibility index (Phi) is 5.99. The van der Waals surface area contributed by atoms with Crippen molar-refractivity contribution in [2.45, 2.75) is 24.7 Å². The highest BCUT2D eigenvalue weighted by atomic mass is 32.1. The topological polar surface area (TPSA) is 3.24 Å². The first-order valence-electron chi connectivity index (χ1n) is 18.9. The molecule has 0 aliphatic heterocycles. The van der Waals surface area contributed by atoms with Crippen LogP contribution in [0.25, 0.3) is 53.6 Å². The van der Waals surface area contributed by atoms with Gasteiger partial charge in [-0.3, -0.25) is 0 Å². The molecule has 1 heterocycles. The van der Waals surface area contributed by atoms with Crippen molar-refractivity contribution in [1.29, 1.82) is 0 Å². The van der Waals surface area contributed by atoms with Crippen molar-refractivity contribution in [3.63, 3.8) is 0 Å². The second kappa shape index (κ2) is 10.7. The van der Waals surface area contributed by atoms with E-state index in [1.807, 2.05) is 11.3 Å². The molecule has 9 aromatic rings.